The lowest BCUT2D eigenvalue weighted by molar-refractivity contribution is -0.130. The molecular formula is C24H29N3O4. The Morgan fingerprint density at radius 3 is 2.39 bits per heavy atom. The van der Waals surface area contributed by atoms with Gasteiger partial charge in [0.15, 0.2) is 0 Å². The van der Waals surface area contributed by atoms with Crippen LogP contribution in [0.4, 0.5) is 0 Å². The lowest BCUT2D eigenvalue weighted by atomic mass is 10.0. The Balaban J connectivity index is 1.43. The van der Waals surface area contributed by atoms with Crippen molar-refractivity contribution < 1.29 is 18.8 Å². The molecular weight excluding hydrogens is 394 g/mol. The van der Waals surface area contributed by atoms with E-state index in [4.69, 9.17) is 14.0 Å². The van der Waals surface area contributed by atoms with Gasteiger partial charge in [-0.3, -0.25) is 4.79 Å². The second-order valence-electron chi connectivity index (χ2n) is 7.63. The third kappa shape index (κ3) is 6.31. The van der Waals surface area contributed by atoms with Crippen molar-refractivity contribution in [3.05, 3.63) is 60.0 Å². The minimum absolute atomic E-state index is 0.000586. The molecule has 0 aliphatic carbocycles. The molecule has 0 unspecified atom stereocenters. The number of rotatable bonds is 10. The Bertz CT molecular complexity index is 965. The molecule has 3 rings (SSSR count). The number of hydrogen-bond acceptors (Lipinski definition) is 6. The summed E-state index contributed by atoms with van der Waals surface area (Å²) in [5.74, 6) is 2.98. The molecule has 1 amide bonds. The molecule has 2 aromatic carbocycles. The van der Waals surface area contributed by atoms with Crippen LogP contribution in [0.25, 0.3) is 11.4 Å². The SMILES string of the molecule is COc1ccc(OCCN(C)C(=O)CCc2nc(-c3ccc(C(C)C)cc3)no2)cc1. The number of carbonyl (C=O) groups is 1. The first-order valence-corrected chi connectivity index (χ1v) is 10.4. The first kappa shape index (κ1) is 22.3. The fraction of sp³-hybridized carbons (Fsp3) is 0.375. The van der Waals surface area contributed by atoms with E-state index in [2.05, 4.69) is 36.1 Å². The normalized spacial score (nSPS) is 10.9. The number of nitrogens with zero attached hydrogens (tertiary/aromatic N) is 3. The zero-order valence-corrected chi connectivity index (χ0v) is 18.5. The highest BCUT2D eigenvalue weighted by molar-refractivity contribution is 5.76. The average molecular weight is 424 g/mol. The number of carbonyl (C=O) groups excluding carboxylic acids is 1. The lowest BCUT2D eigenvalue weighted by Gasteiger charge is -2.17. The second kappa shape index (κ2) is 10.6. The Hall–Kier alpha value is -3.35. The molecule has 0 aliphatic rings. The van der Waals surface area contributed by atoms with Crippen LogP contribution in [-0.2, 0) is 11.2 Å². The standard InChI is InChI=1S/C24H29N3O4/c1-17(2)18-5-7-19(8-6-18)24-25-22(31-26-24)13-14-23(28)27(3)15-16-30-21-11-9-20(29-4)10-12-21/h5-12,17H,13-16H2,1-4H3. The topological polar surface area (TPSA) is 77.7 Å². The number of aryl methyl sites for hydroxylation is 1. The van der Waals surface area contributed by atoms with Crippen LogP contribution in [0, 0.1) is 0 Å². The minimum Gasteiger partial charge on any atom is -0.497 e. The second-order valence-corrected chi connectivity index (χ2v) is 7.63. The molecule has 0 N–H and O–H groups in total. The number of likely N-dealkylation sites (N-methyl/N-ethyl adjacent to an activating group) is 1. The summed E-state index contributed by atoms with van der Waals surface area (Å²) in [6, 6.07) is 15.5. The maximum Gasteiger partial charge on any atom is 0.227 e. The molecule has 0 fully saturated rings. The van der Waals surface area contributed by atoms with Crippen LogP contribution in [0.1, 0.15) is 37.6 Å². The van der Waals surface area contributed by atoms with Crippen molar-refractivity contribution in [2.45, 2.75) is 32.6 Å². The third-order valence-corrected chi connectivity index (χ3v) is 5.04. The van der Waals surface area contributed by atoms with Gasteiger partial charge < -0.3 is 18.9 Å². The molecule has 0 radical (unpaired) electrons. The average Bonchev–Trinajstić information content (AvgIpc) is 3.27. The molecule has 3 aromatic rings. The molecule has 0 bridgehead atoms. The van der Waals surface area contributed by atoms with Crippen molar-refractivity contribution in [3.63, 3.8) is 0 Å². The zero-order chi connectivity index (χ0) is 22.2. The summed E-state index contributed by atoms with van der Waals surface area (Å²) in [5, 5.41) is 4.04. The summed E-state index contributed by atoms with van der Waals surface area (Å²) >= 11 is 0. The Morgan fingerprint density at radius 1 is 1.06 bits per heavy atom. The summed E-state index contributed by atoms with van der Waals surface area (Å²) in [5.41, 5.74) is 2.16. The number of methoxy groups -OCH3 is 1. The molecule has 1 heterocycles. The predicted octanol–water partition coefficient (Wildman–Crippen LogP) is 4.34. The highest BCUT2D eigenvalue weighted by Gasteiger charge is 2.14. The smallest absolute Gasteiger partial charge is 0.227 e. The number of ether oxygens (including phenoxy) is 2. The molecule has 7 nitrogen and oxygen atoms in total. The van der Waals surface area contributed by atoms with E-state index in [9.17, 15) is 4.79 Å². The molecule has 7 heteroatoms. The fourth-order valence-electron chi connectivity index (χ4n) is 2.99. The van der Waals surface area contributed by atoms with Crippen LogP contribution in [0.2, 0.25) is 0 Å². The van der Waals surface area contributed by atoms with Crippen LogP contribution in [0.5, 0.6) is 11.5 Å². The molecule has 164 valence electrons. The van der Waals surface area contributed by atoms with Gasteiger partial charge in [-0.25, -0.2) is 0 Å². The van der Waals surface area contributed by atoms with Crippen LogP contribution in [-0.4, -0.2) is 48.3 Å². The van der Waals surface area contributed by atoms with Gasteiger partial charge in [0.25, 0.3) is 0 Å². The summed E-state index contributed by atoms with van der Waals surface area (Å²) in [6.07, 6.45) is 0.701. The molecule has 0 spiro atoms. The van der Waals surface area contributed by atoms with E-state index in [-0.39, 0.29) is 5.91 Å². The van der Waals surface area contributed by atoms with Gasteiger partial charge in [0.05, 0.1) is 13.7 Å². The highest BCUT2D eigenvalue weighted by Crippen LogP contribution is 2.21. The summed E-state index contributed by atoms with van der Waals surface area (Å²) in [7, 11) is 3.38. The maximum atomic E-state index is 12.4. The monoisotopic (exact) mass is 423 g/mol. The van der Waals surface area contributed by atoms with Gasteiger partial charge >= 0.3 is 0 Å². The Morgan fingerprint density at radius 2 is 1.74 bits per heavy atom. The summed E-state index contributed by atoms with van der Waals surface area (Å²) < 4.78 is 16.1. The molecule has 0 saturated carbocycles. The summed E-state index contributed by atoms with van der Waals surface area (Å²) in [4.78, 5) is 18.4. The van der Waals surface area contributed by atoms with E-state index in [0.717, 1.165) is 17.1 Å². The van der Waals surface area contributed by atoms with Crippen molar-refractivity contribution in [2.24, 2.45) is 0 Å². The van der Waals surface area contributed by atoms with Crippen LogP contribution < -0.4 is 9.47 Å². The van der Waals surface area contributed by atoms with E-state index < -0.39 is 0 Å². The Labute approximate surface area is 183 Å². The van der Waals surface area contributed by atoms with Gasteiger partial charge in [-0.1, -0.05) is 43.3 Å². The number of benzene rings is 2. The van der Waals surface area contributed by atoms with Gasteiger partial charge in [0.2, 0.25) is 17.6 Å². The zero-order valence-electron chi connectivity index (χ0n) is 18.5. The maximum absolute atomic E-state index is 12.4. The van der Waals surface area contributed by atoms with E-state index >= 15 is 0 Å². The van der Waals surface area contributed by atoms with Crippen LogP contribution >= 0.6 is 0 Å². The molecule has 0 saturated heterocycles. The third-order valence-electron chi connectivity index (χ3n) is 5.04. The predicted molar refractivity (Wildman–Crippen MR) is 118 cm³/mol. The van der Waals surface area contributed by atoms with Crippen molar-refractivity contribution in [3.8, 4) is 22.9 Å². The quantitative estimate of drug-likeness (QED) is 0.483. The van der Waals surface area contributed by atoms with Crippen molar-refractivity contribution in [1.82, 2.24) is 15.0 Å². The number of amides is 1. The largest absolute Gasteiger partial charge is 0.497 e. The van der Waals surface area contributed by atoms with E-state index in [1.807, 2.05) is 36.4 Å². The van der Waals surface area contributed by atoms with Crippen molar-refractivity contribution >= 4 is 5.91 Å². The minimum atomic E-state index is -0.000586. The summed E-state index contributed by atoms with van der Waals surface area (Å²) in [6.45, 7) is 5.20. The number of aromatic nitrogens is 2. The fourth-order valence-corrected chi connectivity index (χ4v) is 2.99. The first-order chi connectivity index (χ1) is 15.0. The molecule has 0 aliphatic heterocycles. The van der Waals surface area contributed by atoms with Gasteiger partial charge in [-0.05, 0) is 35.7 Å². The van der Waals surface area contributed by atoms with Crippen molar-refractivity contribution in [1.29, 1.82) is 0 Å². The number of hydrogen-bond donors (Lipinski definition) is 0. The van der Waals surface area contributed by atoms with Gasteiger partial charge in [-0.15, -0.1) is 0 Å². The van der Waals surface area contributed by atoms with Crippen LogP contribution in [0.15, 0.2) is 53.1 Å². The molecule has 31 heavy (non-hydrogen) atoms. The molecule has 0 atom stereocenters. The van der Waals surface area contributed by atoms with Crippen molar-refractivity contribution in [2.75, 3.05) is 27.3 Å². The van der Waals surface area contributed by atoms with E-state index in [0.29, 0.717) is 43.6 Å². The highest BCUT2D eigenvalue weighted by atomic mass is 16.5. The molecule has 1 aromatic heterocycles. The van der Waals surface area contributed by atoms with Crippen LogP contribution in [0.3, 0.4) is 0 Å². The van der Waals surface area contributed by atoms with Gasteiger partial charge in [-0.2, -0.15) is 4.98 Å². The Kier molecular flexibility index (Phi) is 7.65. The van der Waals surface area contributed by atoms with E-state index in [1.54, 1.807) is 19.1 Å². The lowest BCUT2D eigenvalue weighted by Crippen LogP contribution is -2.31. The van der Waals surface area contributed by atoms with E-state index in [1.165, 1.54) is 5.56 Å². The van der Waals surface area contributed by atoms with Gasteiger partial charge in [0.1, 0.15) is 18.1 Å². The first-order valence-electron chi connectivity index (χ1n) is 10.4. The van der Waals surface area contributed by atoms with Gasteiger partial charge in [0, 0.05) is 25.5 Å².